The van der Waals surface area contributed by atoms with Gasteiger partial charge in [-0.15, -0.1) is 35.3 Å². The predicted molar refractivity (Wildman–Crippen MR) is 118 cm³/mol. The normalized spacial score (nSPS) is 20.7. The number of hydrogen-bond acceptors (Lipinski definition) is 15. The summed E-state index contributed by atoms with van der Waals surface area (Å²) >= 11 is 2.93. The van der Waals surface area contributed by atoms with Crippen LogP contribution < -0.4 is 0 Å². The molecule has 0 spiro atoms. The molecule has 1 rings (SSSR count). The fraction of sp³-hybridized carbons (Fsp3) is 0.667. The monoisotopic (exact) mass is 528 g/mol. The van der Waals surface area contributed by atoms with Crippen LogP contribution in [0.2, 0.25) is 0 Å². The van der Waals surface area contributed by atoms with E-state index in [9.17, 15) is 28.8 Å². The second-order valence-corrected chi connectivity index (χ2v) is 8.76. The Kier molecular flexibility index (Phi) is 16.0. The number of hydrogen-bond donors (Lipinski definition) is 0. The van der Waals surface area contributed by atoms with Crippen LogP contribution >= 0.6 is 35.3 Å². The zero-order chi connectivity index (χ0) is 24.3. The summed E-state index contributed by atoms with van der Waals surface area (Å²) < 4.78 is 29.2. The van der Waals surface area contributed by atoms with Crippen molar-refractivity contribution >= 4 is 71.1 Å². The Hall–Kier alpha value is -2.13. The molecule has 0 unspecified atom stereocenters. The largest absolute Gasteiger partial charge is 0.461 e. The van der Waals surface area contributed by atoms with Crippen LogP contribution in [0.5, 0.6) is 0 Å². The van der Waals surface area contributed by atoms with Crippen LogP contribution in [0.4, 0.5) is 0 Å². The summed E-state index contributed by atoms with van der Waals surface area (Å²) in [4.78, 5) is 69.4. The Morgan fingerprint density at radius 2 is 0.485 bits per heavy atom. The molecule has 0 N–H and O–H groups in total. The number of cyclic esters (lactones) is 6. The molecule has 1 heterocycles. The molecule has 1 aliphatic rings. The molecule has 0 aliphatic carbocycles. The third kappa shape index (κ3) is 17.1. The van der Waals surface area contributed by atoms with Crippen molar-refractivity contribution in [3.05, 3.63) is 0 Å². The van der Waals surface area contributed by atoms with E-state index in [0.29, 0.717) is 0 Å². The quantitative estimate of drug-likeness (QED) is 0.291. The van der Waals surface area contributed by atoms with Gasteiger partial charge >= 0.3 is 35.8 Å². The van der Waals surface area contributed by atoms with Crippen LogP contribution in [-0.4, -0.2) is 110 Å². The zero-order valence-electron chi connectivity index (χ0n) is 17.6. The molecule has 0 aromatic carbocycles. The molecule has 0 aromatic heterocycles. The molecule has 0 amide bonds. The van der Waals surface area contributed by atoms with Gasteiger partial charge in [-0.05, 0) is 0 Å². The van der Waals surface area contributed by atoms with Crippen molar-refractivity contribution in [1.29, 1.82) is 0 Å². The van der Waals surface area contributed by atoms with E-state index < -0.39 is 35.8 Å². The van der Waals surface area contributed by atoms with Crippen LogP contribution in [0.25, 0.3) is 0 Å². The lowest BCUT2D eigenvalue weighted by Crippen LogP contribution is -2.18. The average molecular weight is 529 g/mol. The highest BCUT2D eigenvalue weighted by Crippen LogP contribution is 2.05. The first-order valence-corrected chi connectivity index (χ1v) is 13.0. The van der Waals surface area contributed by atoms with E-state index >= 15 is 0 Å². The summed E-state index contributed by atoms with van der Waals surface area (Å²) in [5.74, 6) is -4.15. The minimum atomic E-state index is -0.591. The summed E-state index contributed by atoms with van der Waals surface area (Å²) in [6, 6.07) is 0. The van der Waals surface area contributed by atoms with E-state index in [1.54, 1.807) is 0 Å². The summed E-state index contributed by atoms with van der Waals surface area (Å²) in [6.07, 6.45) is 0. The Morgan fingerprint density at radius 3 is 0.636 bits per heavy atom. The second-order valence-electron chi connectivity index (χ2n) is 5.80. The van der Waals surface area contributed by atoms with Crippen molar-refractivity contribution in [2.24, 2.45) is 0 Å². The van der Waals surface area contributed by atoms with Crippen molar-refractivity contribution in [2.75, 3.05) is 74.2 Å². The molecule has 0 aromatic rings. The minimum Gasteiger partial charge on any atom is -0.461 e. The van der Waals surface area contributed by atoms with Gasteiger partial charge in [-0.2, -0.15) is 0 Å². The molecule has 15 heteroatoms. The number of carbonyl (C=O) groups is 6. The highest BCUT2D eigenvalue weighted by molar-refractivity contribution is 8.01. The predicted octanol–water partition coefficient (Wildman–Crippen LogP) is -0.541. The Balaban J connectivity index is 2.40. The summed E-state index contributed by atoms with van der Waals surface area (Å²) in [7, 11) is 0. The maximum Gasteiger partial charge on any atom is 0.316 e. The zero-order valence-corrected chi connectivity index (χ0v) is 20.1. The summed E-state index contributed by atoms with van der Waals surface area (Å²) in [5, 5.41) is 0. The van der Waals surface area contributed by atoms with Gasteiger partial charge in [0.05, 0.1) is 34.5 Å². The van der Waals surface area contributed by atoms with Gasteiger partial charge in [-0.25, -0.2) is 0 Å². The Bertz CT molecular complexity index is 540. The van der Waals surface area contributed by atoms with E-state index in [4.69, 9.17) is 28.4 Å². The van der Waals surface area contributed by atoms with E-state index in [-0.39, 0.29) is 74.2 Å². The topological polar surface area (TPSA) is 158 Å². The first-order chi connectivity index (χ1) is 15.9. The van der Waals surface area contributed by atoms with E-state index in [2.05, 4.69) is 0 Å². The molecule has 0 atom stereocenters. The lowest BCUT2D eigenvalue weighted by atomic mass is 10.7. The molecule has 0 bridgehead atoms. The van der Waals surface area contributed by atoms with Crippen LogP contribution in [0.15, 0.2) is 0 Å². The SMILES string of the molecule is O=C1CSCC(=O)OCCOC(=O)CSCC(=O)OCCOC(=O)CSCC(=O)OCCO1. The number of rotatable bonds is 0. The van der Waals surface area contributed by atoms with Crippen molar-refractivity contribution in [3.63, 3.8) is 0 Å². The van der Waals surface area contributed by atoms with Crippen molar-refractivity contribution in [3.8, 4) is 0 Å². The molecule has 12 nitrogen and oxygen atoms in total. The third-order valence-electron chi connectivity index (χ3n) is 3.15. The van der Waals surface area contributed by atoms with Gasteiger partial charge in [-0.1, -0.05) is 0 Å². The number of carbonyl (C=O) groups excluding carboxylic acids is 6. The second kappa shape index (κ2) is 18.3. The van der Waals surface area contributed by atoms with Crippen molar-refractivity contribution in [1.82, 2.24) is 0 Å². The maximum atomic E-state index is 11.6. The first-order valence-electron chi connectivity index (χ1n) is 9.53. The molecule has 33 heavy (non-hydrogen) atoms. The standard InChI is InChI=1S/C18H24O12S3/c19-13-7-31-9-15(21)27-3-4-29-17(23)11-33-12-18(24)30-6-5-28-16(22)10-32-8-14(20)26-2-1-25-13/h1-12H2. The van der Waals surface area contributed by atoms with Gasteiger partial charge in [0, 0.05) is 0 Å². The van der Waals surface area contributed by atoms with Gasteiger partial charge in [-0.3, -0.25) is 28.8 Å². The number of ether oxygens (including phenoxy) is 6. The van der Waals surface area contributed by atoms with E-state index in [0.717, 1.165) is 35.3 Å². The van der Waals surface area contributed by atoms with Gasteiger partial charge < -0.3 is 28.4 Å². The maximum absolute atomic E-state index is 11.6. The summed E-state index contributed by atoms with van der Waals surface area (Å²) in [5.41, 5.74) is 0. The lowest BCUT2D eigenvalue weighted by Gasteiger charge is -2.07. The van der Waals surface area contributed by atoms with Gasteiger partial charge in [0.1, 0.15) is 39.6 Å². The highest BCUT2D eigenvalue weighted by atomic mass is 32.2. The molecule has 1 fully saturated rings. The molecule has 186 valence electrons. The highest BCUT2D eigenvalue weighted by Gasteiger charge is 2.12. The van der Waals surface area contributed by atoms with Crippen molar-refractivity contribution < 1.29 is 57.2 Å². The van der Waals surface area contributed by atoms with Crippen LogP contribution in [-0.2, 0) is 57.2 Å². The minimum absolute atomic E-state index is 0.102. The fourth-order valence-electron chi connectivity index (χ4n) is 1.84. The van der Waals surface area contributed by atoms with E-state index in [1.165, 1.54) is 0 Å². The van der Waals surface area contributed by atoms with Gasteiger partial charge in [0.15, 0.2) is 0 Å². The van der Waals surface area contributed by atoms with Crippen LogP contribution in [0.3, 0.4) is 0 Å². The molecule has 1 saturated heterocycles. The molecular formula is C18H24O12S3. The van der Waals surface area contributed by atoms with Crippen LogP contribution in [0, 0.1) is 0 Å². The van der Waals surface area contributed by atoms with Gasteiger partial charge in [0.25, 0.3) is 0 Å². The smallest absolute Gasteiger partial charge is 0.316 e. The molecule has 0 radical (unpaired) electrons. The van der Waals surface area contributed by atoms with Gasteiger partial charge in [0.2, 0.25) is 0 Å². The van der Waals surface area contributed by atoms with E-state index in [1.807, 2.05) is 0 Å². The number of thioether (sulfide) groups is 3. The Labute approximate surface area is 202 Å². The average Bonchev–Trinajstić information content (AvgIpc) is 2.77. The third-order valence-corrected chi connectivity index (χ3v) is 5.79. The lowest BCUT2D eigenvalue weighted by molar-refractivity contribution is -0.149. The van der Waals surface area contributed by atoms with Crippen molar-refractivity contribution in [2.45, 2.75) is 0 Å². The molecular weight excluding hydrogens is 504 g/mol. The Morgan fingerprint density at radius 1 is 0.333 bits per heavy atom. The fourth-order valence-corrected chi connectivity index (χ4v) is 3.64. The van der Waals surface area contributed by atoms with Crippen LogP contribution in [0.1, 0.15) is 0 Å². The summed E-state index contributed by atoms with van der Waals surface area (Å²) in [6.45, 7) is -0.889. The molecule has 0 saturated carbocycles. The number of esters is 6. The molecule has 1 aliphatic heterocycles. The first kappa shape index (κ1) is 28.9.